The number of methoxy groups -OCH3 is 1. The summed E-state index contributed by atoms with van der Waals surface area (Å²) < 4.78 is 7.30. The molecule has 1 heterocycles. The summed E-state index contributed by atoms with van der Waals surface area (Å²) in [6.07, 6.45) is 4.96. The van der Waals surface area contributed by atoms with Gasteiger partial charge in [-0.05, 0) is 12.8 Å². The maximum Gasteiger partial charge on any atom is 0.146 e. The Kier molecular flexibility index (Phi) is 3.79. The van der Waals surface area contributed by atoms with Gasteiger partial charge in [0, 0.05) is 19.1 Å². The molecule has 2 N–H and O–H groups in total. The first-order valence-electron chi connectivity index (χ1n) is 6.33. The average Bonchev–Trinajstić information content (AvgIpc) is 2.93. The fourth-order valence-electron chi connectivity index (χ4n) is 2.73. The summed E-state index contributed by atoms with van der Waals surface area (Å²) in [4.78, 5) is 0. The third-order valence-corrected chi connectivity index (χ3v) is 3.78. The van der Waals surface area contributed by atoms with Gasteiger partial charge < -0.3 is 15.0 Å². The number of nitrogens with zero attached hydrogens (tertiary/aromatic N) is 3. The number of hydrogen-bond donors (Lipinski definition) is 1. The van der Waals surface area contributed by atoms with Gasteiger partial charge >= 0.3 is 0 Å². The molecular formula is C12H22N4O. The van der Waals surface area contributed by atoms with E-state index in [1.165, 1.54) is 25.7 Å². The second-order valence-electron chi connectivity index (χ2n) is 5.06. The Morgan fingerprint density at radius 2 is 2.06 bits per heavy atom. The van der Waals surface area contributed by atoms with Gasteiger partial charge in [-0.1, -0.05) is 19.8 Å². The zero-order chi connectivity index (χ0) is 12.3. The van der Waals surface area contributed by atoms with Crippen LogP contribution in [0.25, 0.3) is 0 Å². The minimum Gasteiger partial charge on any atom is -0.383 e. The highest BCUT2D eigenvalue weighted by Gasteiger charge is 2.35. The van der Waals surface area contributed by atoms with Crippen LogP contribution in [-0.4, -0.2) is 28.5 Å². The van der Waals surface area contributed by atoms with Crippen LogP contribution < -0.4 is 5.73 Å². The van der Waals surface area contributed by atoms with E-state index in [-0.39, 0.29) is 5.41 Å². The van der Waals surface area contributed by atoms with Crippen molar-refractivity contribution in [2.75, 3.05) is 13.7 Å². The van der Waals surface area contributed by atoms with E-state index in [9.17, 15) is 0 Å². The third-order valence-electron chi connectivity index (χ3n) is 3.78. The van der Waals surface area contributed by atoms with Crippen molar-refractivity contribution in [3.8, 4) is 0 Å². The molecule has 2 rings (SSSR count). The Labute approximate surface area is 102 Å². The molecule has 0 amide bonds. The lowest BCUT2D eigenvalue weighted by Gasteiger charge is -2.23. The predicted molar refractivity (Wildman–Crippen MR) is 65.6 cm³/mol. The van der Waals surface area contributed by atoms with Gasteiger partial charge in [-0.15, -0.1) is 10.2 Å². The summed E-state index contributed by atoms with van der Waals surface area (Å²) in [6, 6.07) is 0. The minimum absolute atomic E-state index is 0.175. The molecule has 0 spiro atoms. The number of hydrogen-bond acceptors (Lipinski definition) is 4. The fraction of sp³-hybridized carbons (Fsp3) is 0.833. The maximum atomic E-state index is 5.71. The van der Waals surface area contributed by atoms with Crippen LogP contribution in [-0.2, 0) is 23.2 Å². The largest absolute Gasteiger partial charge is 0.383 e. The highest BCUT2D eigenvalue weighted by Crippen LogP contribution is 2.39. The first kappa shape index (κ1) is 12.5. The van der Waals surface area contributed by atoms with Gasteiger partial charge in [-0.2, -0.15) is 0 Å². The topological polar surface area (TPSA) is 66.0 Å². The molecule has 0 aromatic carbocycles. The summed E-state index contributed by atoms with van der Waals surface area (Å²) in [5, 5.41) is 8.58. The van der Waals surface area contributed by atoms with Gasteiger partial charge in [0.2, 0.25) is 0 Å². The van der Waals surface area contributed by atoms with E-state index in [1.807, 2.05) is 0 Å². The molecule has 1 aliphatic carbocycles. The molecule has 0 bridgehead atoms. The highest BCUT2D eigenvalue weighted by molar-refractivity contribution is 5.11. The van der Waals surface area contributed by atoms with Crippen molar-refractivity contribution in [1.29, 1.82) is 0 Å². The van der Waals surface area contributed by atoms with Crippen molar-refractivity contribution in [1.82, 2.24) is 14.8 Å². The molecule has 0 atom stereocenters. The molecule has 0 saturated heterocycles. The standard InChI is InChI=1S/C12H22N4O/c1-12(5-3-4-6-12)11-15-14-10(9-13)16(11)7-8-17-2/h3-9,13H2,1-2H3. The average molecular weight is 238 g/mol. The van der Waals surface area contributed by atoms with E-state index in [0.717, 1.165) is 18.2 Å². The summed E-state index contributed by atoms with van der Waals surface area (Å²) in [6.45, 7) is 4.19. The Morgan fingerprint density at radius 3 is 2.65 bits per heavy atom. The van der Waals surface area contributed by atoms with Crippen molar-refractivity contribution in [3.63, 3.8) is 0 Å². The second kappa shape index (κ2) is 5.14. The smallest absolute Gasteiger partial charge is 0.146 e. The molecule has 1 aromatic heterocycles. The van der Waals surface area contributed by atoms with E-state index in [0.29, 0.717) is 13.2 Å². The molecule has 5 nitrogen and oxygen atoms in total. The Hall–Kier alpha value is -0.940. The van der Waals surface area contributed by atoms with Crippen molar-refractivity contribution in [2.45, 2.75) is 51.1 Å². The lowest BCUT2D eigenvalue weighted by Crippen LogP contribution is -2.25. The van der Waals surface area contributed by atoms with Crippen LogP contribution in [0.4, 0.5) is 0 Å². The Balaban J connectivity index is 2.29. The van der Waals surface area contributed by atoms with Gasteiger partial charge in [0.25, 0.3) is 0 Å². The Bertz CT molecular complexity index is 369. The molecule has 1 saturated carbocycles. The first-order chi connectivity index (χ1) is 8.21. The van der Waals surface area contributed by atoms with E-state index < -0.39 is 0 Å². The number of nitrogens with two attached hydrogens (primary N) is 1. The predicted octanol–water partition coefficient (Wildman–Crippen LogP) is 1.21. The van der Waals surface area contributed by atoms with Crippen LogP contribution in [0.15, 0.2) is 0 Å². The van der Waals surface area contributed by atoms with E-state index >= 15 is 0 Å². The van der Waals surface area contributed by atoms with Crippen LogP contribution in [0, 0.1) is 0 Å². The van der Waals surface area contributed by atoms with Crippen molar-refractivity contribution in [3.05, 3.63) is 11.6 Å². The highest BCUT2D eigenvalue weighted by atomic mass is 16.5. The van der Waals surface area contributed by atoms with Crippen LogP contribution >= 0.6 is 0 Å². The third kappa shape index (κ3) is 2.35. The summed E-state index contributed by atoms with van der Waals surface area (Å²) in [5.74, 6) is 1.96. The fourth-order valence-corrected chi connectivity index (χ4v) is 2.73. The number of rotatable bonds is 5. The lowest BCUT2D eigenvalue weighted by atomic mass is 9.88. The molecular weight excluding hydrogens is 216 g/mol. The second-order valence-corrected chi connectivity index (χ2v) is 5.06. The SMILES string of the molecule is COCCn1c(CN)nnc1C1(C)CCCC1. The van der Waals surface area contributed by atoms with E-state index in [4.69, 9.17) is 10.5 Å². The van der Waals surface area contributed by atoms with Crippen LogP contribution in [0.1, 0.15) is 44.3 Å². The zero-order valence-corrected chi connectivity index (χ0v) is 10.8. The number of aromatic nitrogens is 3. The van der Waals surface area contributed by atoms with E-state index in [2.05, 4.69) is 21.7 Å². The van der Waals surface area contributed by atoms with Crippen LogP contribution in [0.2, 0.25) is 0 Å². The minimum atomic E-state index is 0.175. The molecule has 1 aliphatic rings. The lowest BCUT2D eigenvalue weighted by molar-refractivity contribution is 0.183. The van der Waals surface area contributed by atoms with Crippen LogP contribution in [0.3, 0.4) is 0 Å². The maximum absolute atomic E-state index is 5.71. The molecule has 0 aliphatic heterocycles. The molecule has 5 heteroatoms. The molecule has 96 valence electrons. The summed E-state index contributed by atoms with van der Waals surface area (Å²) in [5.41, 5.74) is 5.89. The van der Waals surface area contributed by atoms with Gasteiger partial charge in [0.15, 0.2) is 0 Å². The monoisotopic (exact) mass is 238 g/mol. The summed E-state index contributed by atoms with van der Waals surface area (Å²) in [7, 11) is 1.71. The molecule has 1 aromatic rings. The Morgan fingerprint density at radius 1 is 1.35 bits per heavy atom. The van der Waals surface area contributed by atoms with Crippen molar-refractivity contribution in [2.24, 2.45) is 5.73 Å². The van der Waals surface area contributed by atoms with Crippen molar-refractivity contribution >= 4 is 0 Å². The number of ether oxygens (including phenoxy) is 1. The first-order valence-corrected chi connectivity index (χ1v) is 6.33. The van der Waals surface area contributed by atoms with Gasteiger partial charge in [-0.25, -0.2) is 0 Å². The normalized spacial score (nSPS) is 18.8. The quantitative estimate of drug-likeness (QED) is 0.837. The van der Waals surface area contributed by atoms with Gasteiger partial charge in [0.1, 0.15) is 11.6 Å². The molecule has 17 heavy (non-hydrogen) atoms. The van der Waals surface area contributed by atoms with Gasteiger partial charge in [-0.3, -0.25) is 0 Å². The summed E-state index contributed by atoms with van der Waals surface area (Å²) >= 11 is 0. The van der Waals surface area contributed by atoms with Gasteiger partial charge in [0.05, 0.1) is 13.2 Å². The van der Waals surface area contributed by atoms with Crippen molar-refractivity contribution < 1.29 is 4.74 Å². The van der Waals surface area contributed by atoms with E-state index in [1.54, 1.807) is 7.11 Å². The van der Waals surface area contributed by atoms with Crippen LogP contribution in [0.5, 0.6) is 0 Å². The molecule has 0 unspecified atom stereocenters. The molecule has 1 fully saturated rings. The molecule has 0 radical (unpaired) electrons. The zero-order valence-electron chi connectivity index (χ0n) is 10.8.